The number of fused-ring (bicyclic) bond motifs is 1. The molecule has 3 rings (SSSR count). The molecule has 0 radical (unpaired) electrons. The Morgan fingerprint density at radius 1 is 1.11 bits per heavy atom. The summed E-state index contributed by atoms with van der Waals surface area (Å²) in [6.07, 6.45) is -0.0553. The number of aromatic nitrogens is 1. The smallest absolute Gasteiger partial charge is 0.310 e. The zero-order valence-electron chi connectivity index (χ0n) is 14.8. The minimum absolute atomic E-state index is 0.0553. The van der Waals surface area contributed by atoms with Crippen molar-refractivity contribution < 1.29 is 19.4 Å². The Labute approximate surface area is 166 Å². The normalized spacial score (nSPS) is 11.0. The SMILES string of the molecule is CCOC(=O)Cc1c(C)n(C(=O)c2ccc(Cl)cc2)c2ccc(O)c(Cl)c12. The van der Waals surface area contributed by atoms with Crippen LogP contribution in [0.2, 0.25) is 10.0 Å². The van der Waals surface area contributed by atoms with Gasteiger partial charge in [-0.1, -0.05) is 23.2 Å². The van der Waals surface area contributed by atoms with Gasteiger partial charge in [0.05, 0.1) is 23.6 Å². The van der Waals surface area contributed by atoms with Crippen LogP contribution in [-0.4, -0.2) is 28.2 Å². The molecule has 27 heavy (non-hydrogen) atoms. The number of carbonyl (C=O) groups is 2. The van der Waals surface area contributed by atoms with E-state index in [-0.39, 0.29) is 29.7 Å². The topological polar surface area (TPSA) is 68.5 Å². The van der Waals surface area contributed by atoms with Crippen LogP contribution in [0.3, 0.4) is 0 Å². The zero-order valence-corrected chi connectivity index (χ0v) is 16.3. The summed E-state index contributed by atoms with van der Waals surface area (Å²) < 4.78 is 6.52. The number of rotatable bonds is 4. The average Bonchev–Trinajstić information content (AvgIpc) is 2.91. The summed E-state index contributed by atoms with van der Waals surface area (Å²) in [5, 5.41) is 11.1. The molecule has 1 heterocycles. The van der Waals surface area contributed by atoms with Crippen molar-refractivity contribution in [1.82, 2.24) is 4.57 Å². The van der Waals surface area contributed by atoms with Gasteiger partial charge in [0.1, 0.15) is 5.75 Å². The van der Waals surface area contributed by atoms with Gasteiger partial charge in [0.25, 0.3) is 5.91 Å². The summed E-state index contributed by atoms with van der Waals surface area (Å²) >= 11 is 12.2. The van der Waals surface area contributed by atoms with Gasteiger partial charge >= 0.3 is 5.97 Å². The molecule has 0 amide bonds. The number of benzene rings is 2. The van der Waals surface area contributed by atoms with Gasteiger partial charge in [-0.2, -0.15) is 0 Å². The van der Waals surface area contributed by atoms with E-state index in [0.717, 1.165) is 0 Å². The highest BCUT2D eigenvalue weighted by atomic mass is 35.5. The number of phenols is 1. The van der Waals surface area contributed by atoms with Gasteiger partial charge in [-0.15, -0.1) is 0 Å². The van der Waals surface area contributed by atoms with Crippen LogP contribution in [0.1, 0.15) is 28.5 Å². The zero-order chi connectivity index (χ0) is 19.7. The lowest BCUT2D eigenvalue weighted by atomic mass is 10.1. The van der Waals surface area contributed by atoms with Crippen molar-refractivity contribution in [2.75, 3.05) is 6.61 Å². The lowest BCUT2D eigenvalue weighted by Gasteiger charge is -2.08. The van der Waals surface area contributed by atoms with E-state index in [2.05, 4.69) is 0 Å². The highest BCUT2D eigenvalue weighted by Gasteiger charge is 2.24. The van der Waals surface area contributed by atoms with Crippen molar-refractivity contribution >= 4 is 46.0 Å². The van der Waals surface area contributed by atoms with Crippen LogP contribution in [-0.2, 0) is 16.0 Å². The maximum Gasteiger partial charge on any atom is 0.310 e. The minimum atomic E-state index is -0.432. The van der Waals surface area contributed by atoms with E-state index in [1.54, 1.807) is 44.2 Å². The number of halogens is 2. The first-order chi connectivity index (χ1) is 12.8. The molecule has 140 valence electrons. The van der Waals surface area contributed by atoms with Crippen LogP contribution in [0, 0.1) is 6.92 Å². The van der Waals surface area contributed by atoms with E-state index in [0.29, 0.717) is 32.7 Å². The first kappa shape index (κ1) is 19.3. The van der Waals surface area contributed by atoms with Gasteiger partial charge < -0.3 is 9.84 Å². The minimum Gasteiger partial charge on any atom is -0.506 e. The van der Waals surface area contributed by atoms with E-state index in [4.69, 9.17) is 27.9 Å². The first-order valence-corrected chi connectivity index (χ1v) is 9.08. The van der Waals surface area contributed by atoms with Crippen molar-refractivity contribution in [1.29, 1.82) is 0 Å². The van der Waals surface area contributed by atoms with Gasteiger partial charge in [0, 0.05) is 21.7 Å². The molecule has 0 spiro atoms. The van der Waals surface area contributed by atoms with Gasteiger partial charge in [-0.3, -0.25) is 14.2 Å². The Morgan fingerprint density at radius 2 is 1.78 bits per heavy atom. The largest absolute Gasteiger partial charge is 0.506 e. The van der Waals surface area contributed by atoms with E-state index in [1.165, 1.54) is 10.6 Å². The molecule has 0 atom stereocenters. The number of carbonyl (C=O) groups excluding carboxylic acids is 2. The van der Waals surface area contributed by atoms with Gasteiger partial charge in [0.2, 0.25) is 0 Å². The third-order valence-corrected chi connectivity index (χ3v) is 4.97. The Kier molecular flexibility index (Phi) is 5.44. The van der Waals surface area contributed by atoms with Crippen molar-refractivity contribution in [3.05, 3.63) is 63.3 Å². The maximum absolute atomic E-state index is 13.1. The number of esters is 1. The average molecular weight is 406 g/mol. The predicted octanol–water partition coefficient (Wildman–Crippen LogP) is 4.76. The predicted molar refractivity (Wildman–Crippen MR) is 105 cm³/mol. The molecule has 0 aliphatic carbocycles. The standard InChI is InChI=1S/C20H17Cl2NO4/c1-3-27-17(25)10-14-11(2)23(15-8-9-16(24)19(22)18(14)15)20(26)12-4-6-13(21)7-5-12/h4-9,24H,3,10H2,1-2H3. The second kappa shape index (κ2) is 7.62. The van der Waals surface area contributed by atoms with Crippen LogP contribution in [0.5, 0.6) is 5.75 Å². The fourth-order valence-electron chi connectivity index (χ4n) is 3.08. The quantitative estimate of drug-likeness (QED) is 0.635. The molecule has 0 aliphatic heterocycles. The summed E-state index contributed by atoms with van der Waals surface area (Å²) in [4.78, 5) is 25.2. The maximum atomic E-state index is 13.1. The molecule has 3 aromatic rings. The second-order valence-electron chi connectivity index (χ2n) is 5.99. The Hall–Kier alpha value is -2.50. The fourth-order valence-corrected chi connectivity index (χ4v) is 3.48. The highest BCUT2D eigenvalue weighted by Crippen LogP contribution is 2.38. The monoisotopic (exact) mass is 405 g/mol. The van der Waals surface area contributed by atoms with Gasteiger partial charge in [-0.05, 0) is 55.8 Å². The number of nitrogens with zero attached hydrogens (tertiary/aromatic N) is 1. The van der Waals surface area contributed by atoms with E-state index < -0.39 is 5.97 Å². The number of aromatic hydroxyl groups is 1. The lowest BCUT2D eigenvalue weighted by molar-refractivity contribution is -0.142. The Balaban J connectivity index is 2.22. The molecule has 5 nitrogen and oxygen atoms in total. The third-order valence-electron chi connectivity index (χ3n) is 4.34. The Bertz CT molecular complexity index is 1040. The van der Waals surface area contributed by atoms with E-state index in [9.17, 15) is 14.7 Å². The van der Waals surface area contributed by atoms with Crippen LogP contribution >= 0.6 is 23.2 Å². The van der Waals surface area contributed by atoms with Crippen LogP contribution in [0.25, 0.3) is 10.9 Å². The van der Waals surface area contributed by atoms with E-state index in [1.807, 2.05) is 0 Å². The molecular formula is C20H17Cl2NO4. The first-order valence-electron chi connectivity index (χ1n) is 8.32. The second-order valence-corrected chi connectivity index (χ2v) is 6.80. The summed E-state index contributed by atoms with van der Waals surface area (Å²) in [7, 11) is 0. The van der Waals surface area contributed by atoms with Crippen molar-refractivity contribution in [3.63, 3.8) is 0 Å². The molecule has 0 bridgehead atoms. The van der Waals surface area contributed by atoms with Crippen LogP contribution in [0.4, 0.5) is 0 Å². The number of hydrogen-bond donors (Lipinski definition) is 1. The van der Waals surface area contributed by atoms with Gasteiger partial charge in [-0.25, -0.2) is 0 Å². The molecular weight excluding hydrogens is 389 g/mol. The van der Waals surface area contributed by atoms with Crippen LogP contribution in [0.15, 0.2) is 36.4 Å². The molecule has 0 fully saturated rings. The molecule has 0 saturated heterocycles. The van der Waals surface area contributed by atoms with Crippen molar-refractivity contribution in [2.45, 2.75) is 20.3 Å². The fraction of sp³-hybridized carbons (Fsp3) is 0.200. The molecule has 0 aliphatic rings. The number of phenolic OH excluding ortho intramolecular Hbond substituents is 1. The van der Waals surface area contributed by atoms with E-state index >= 15 is 0 Å². The molecule has 0 unspecified atom stereocenters. The van der Waals surface area contributed by atoms with Gasteiger partial charge in [0.15, 0.2) is 0 Å². The molecule has 1 N–H and O–H groups in total. The molecule has 1 aromatic heterocycles. The summed E-state index contributed by atoms with van der Waals surface area (Å²) in [5.74, 6) is -0.839. The molecule has 7 heteroatoms. The number of ether oxygens (including phenoxy) is 1. The van der Waals surface area contributed by atoms with Crippen LogP contribution < -0.4 is 0 Å². The third kappa shape index (κ3) is 3.53. The highest BCUT2D eigenvalue weighted by molar-refractivity contribution is 6.37. The summed E-state index contributed by atoms with van der Waals surface area (Å²) in [6, 6.07) is 9.55. The van der Waals surface area contributed by atoms with Crippen molar-refractivity contribution in [3.8, 4) is 5.75 Å². The molecule has 2 aromatic carbocycles. The summed E-state index contributed by atoms with van der Waals surface area (Å²) in [6.45, 7) is 3.70. The Morgan fingerprint density at radius 3 is 2.41 bits per heavy atom. The lowest BCUT2D eigenvalue weighted by Crippen LogP contribution is -2.14. The summed E-state index contributed by atoms with van der Waals surface area (Å²) in [5.41, 5.74) is 2.05. The van der Waals surface area contributed by atoms with Crippen molar-refractivity contribution in [2.24, 2.45) is 0 Å². The number of hydrogen-bond acceptors (Lipinski definition) is 4. The molecule has 0 saturated carbocycles.